The normalized spacial score (nSPS) is 20.7. The third-order valence-electron chi connectivity index (χ3n) is 6.75. The number of amides is 2. The summed E-state index contributed by atoms with van der Waals surface area (Å²) in [4.78, 5) is 34.0. The van der Waals surface area contributed by atoms with Gasteiger partial charge in [-0.2, -0.15) is 13.2 Å². The van der Waals surface area contributed by atoms with Gasteiger partial charge in [-0.3, -0.25) is 14.6 Å². The molecule has 34 heavy (non-hydrogen) atoms. The van der Waals surface area contributed by atoms with Crippen molar-refractivity contribution in [2.75, 3.05) is 13.1 Å². The van der Waals surface area contributed by atoms with Crippen molar-refractivity contribution >= 4 is 23.4 Å². The molecule has 3 heterocycles. The number of hydrogen-bond acceptors (Lipinski definition) is 3. The molecule has 0 saturated carbocycles. The van der Waals surface area contributed by atoms with Gasteiger partial charge in [-0.15, -0.1) is 0 Å². The van der Waals surface area contributed by atoms with Gasteiger partial charge in [-0.05, 0) is 61.1 Å². The lowest BCUT2D eigenvalue weighted by molar-refractivity contribution is -0.141. The molecule has 2 aliphatic heterocycles. The maximum Gasteiger partial charge on any atom is 0.418 e. The van der Waals surface area contributed by atoms with Crippen molar-refractivity contribution in [2.24, 2.45) is 5.92 Å². The minimum absolute atomic E-state index is 0.0476. The van der Waals surface area contributed by atoms with Crippen LogP contribution in [0.3, 0.4) is 0 Å². The Morgan fingerprint density at radius 1 is 1.18 bits per heavy atom. The van der Waals surface area contributed by atoms with Crippen molar-refractivity contribution in [1.29, 1.82) is 0 Å². The van der Waals surface area contributed by atoms with Crippen LogP contribution in [0.1, 0.15) is 59.8 Å². The number of carbonyl (C=O) groups is 2. The first kappa shape index (κ1) is 24.5. The molecule has 1 aromatic carbocycles. The number of alkyl halides is 3. The van der Waals surface area contributed by atoms with Crippen molar-refractivity contribution in [2.45, 2.75) is 57.8 Å². The average molecular weight is 494 g/mol. The van der Waals surface area contributed by atoms with Gasteiger partial charge < -0.3 is 9.80 Å². The Hall–Kier alpha value is -2.61. The van der Waals surface area contributed by atoms with E-state index in [1.807, 2.05) is 19.1 Å². The Morgan fingerprint density at radius 3 is 2.71 bits per heavy atom. The standard InChI is InChI=1S/C25H27ClF3N3O2/c1-2-5-21-19(23(33)31-13-10-16-14-18(26)9-8-17(16)15-31)6-4-12-32(21)24(34)22-20(25(27,28)29)7-3-11-30-22/h3,7-9,11,14,19,21H,2,4-6,10,12-13,15H2,1H3/t19-,21-/m1/s1. The Labute approximate surface area is 201 Å². The molecule has 0 N–H and O–H groups in total. The molecule has 182 valence electrons. The SMILES string of the molecule is CCC[C@@H]1[C@H](C(=O)N2CCc3cc(Cl)ccc3C2)CCCN1C(=O)c1ncccc1C(F)(F)F. The molecule has 2 atom stereocenters. The van der Waals surface area contributed by atoms with Gasteiger partial charge in [-0.25, -0.2) is 0 Å². The molecule has 9 heteroatoms. The van der Waals surface area contributed by atoms with E-state index < -0.39 is 35.3 Å². The van der Waals surface area contributed by atoms with Crippen LogP contribution in [0.5, 0.6) is 0 Å². The van der Waals surface area contributed by atoms with Crippen molar-refractivity contribution in [3.05, 3.63) is 63.9 Å². The molecular weight excluding hydrogens is 467 g/mol. The minimum Gasteiger partial charge on any atom is -0.338 e. The zero-order valence-corrected chi connectivity index (χ0v) is 19.7. The van der Waals surface area contributed by atoms with Crippen LogP contribution in [0, 0.1) is 5.92 Å². The molecule has 0 aliphatic carbocycles. The number of aromatic nitrogens is 1. The molecule has 0 unspecified atom stereocenters. The Balaban J connectivity index is 1.58. The zero-order chi connectivity index (χ0) is 24.5. The number of fused-ring (bicyclic) bond motifs is 1. The maximum atomic E-state index is 13.6. The zero-order valence-electron chi connectivity index (χ0n) is 18.9. The second-order valence-corrected chi connectivity index (χ2v) is 9.36. The average Bonchev–Trinajstić information content (AvgIpc) is 2.82. The third kappa shape index (κ3) is 4.92. The smallest absolute Gasteiger partial charge is 0.338 e. The molecule has 1 fully saturated rings. The highest BCUT2D eigenvalue weighted by molar-refractivity contribution is 6.30. The van der Waals surface area contributed by atoms with E-state index in [9.17, 15) is 22.8 Å². The summed E-state index contributed by atoms with van der Waals surface area (Å²) in [5.74, 6) is -1.26. The van der Waals surface area contributed by atoms with Crippen molar-refractivity contribution in [1.82, 2.24) is 14.8 Å². The highest BCUT2D eigenvalue weighted by Crippen LogP contribution is 2.35. The third-order valence-corrected chi connectivity index (χ3v) is 6.98. The summed E-state index contributed by atoms with van der Waals surface area (Å²) in [7, 11) is 0. The van der Waals surface area contributed by atoms with E-state index in [1.165, 1.54) is 17.2 Å². The molecule has 1 aromatic heterocycles. The second-order valence-electron chi connectivity index (χ2n) is 8.92. The van der Waals surface area contributed by atoms with E-state index >= 15 is 0 Å². The number of piperidine rings is 1. The number of pyridine rings is 1. The van der Waals surface area contributed by atoms with Gasteiger partial charge in [0, 0.05) is 36.9 Å². The minimum atomic E-state index is -4.69. The van der Waals surface area contributed by atoms with Crippen molar-refractivity contribution in [3.8, 4) is 0 Å². The van der Waals surface area contributed by atoms with E-state index in [2.05, 4.69) is 4.98 Å². The first-order chi connectivity index (χ1) is 16.2. The fourth-order valence-electron chi connectivity index (χ4n) is 5.13. The van der Waals surface area contributed by atoms with Gasteiger partial charge in [0.2, 0.25) is 5.91 Å². The summed E-state index contributed by atoms with van der Waals surface area (Å²) in [6.07, 6.45) is -0.402. The van der Waals surface area contributed by atoms with Crippen LogP contribution >= 0.6 is 11.6 Å². The molecule has 0 radical (unpaired) electrons. The van der Waals surface area contributed by atoms with Gasteiger partial charge in [0.25, 0.3) is 5.91 Å². The van der Waals surface area contributed by atoms with Crippen LogP contribution in [0.2, 0.25) is 5.02 Å². The number of rotatable bonds is 4. The lowest BCUT2D eigenvalue weighted by atomic mass is 9.84. The Kier molecular flexibility index (Phi) is 7.17. The molecule has 2 aromatic rings. The first-order valence-corrected chi connectivity index (χ1v) is 12.0. The predicted molar refractivity (Wildman–Crippen MR) is 122 cm³/mol. The first-order valence-electron chi connectivity index (χ1n) is 11.6. The second kappa shape index (κ2) is 9.94. The summed E-state index contributed by atoms with van der Waals surface area (Å²) in [6.45, 7) is 3.27. The van der Waals surface area contributed by atoms with Crippen LogP contribution in [0.4, 0.5) is 13.2 Å². The van der Waals surface area contributed by atoms with Crippen molar-refractivity contribution in [3.63, 3.8) is 0 Å². The fraction of sp³-hybridized carbons (Fsp3) is 0.480. The predicted octanol–water partition coefficient (Wildman–Crippen LogP) is 5.36. The molecule has 2 aliphatic rings. The van der Waals surface area contributed by atoms with Gasteiger partial charge in [-0.1, -0.05) is 31.0 Å². The Bertz CT molecular complexity index is 1080. The van der Waals surface area contributed by atoms with Gasteiger partial charge >= 0.3 is 6.18 Å². The fourth-order valence-corrected chi connectivity index (χ4v) is 5.33. The summed E-state index contributed by atoms with van der Waals surface area (Å²) in [6, 6.07) is 7.24. The molecule has 5 nitrogen and oxygen atoms in total. The number of likely N-dealkylation sites (tertiary alicyclic amines) is 1. The molecule has 1 saturated heterocycles. The largest absolute Gasteiger partial charge is 0.418 e. The maximum absolute atomic E-state index is 13.6. The van der Waals surface area contributed by atoms with Gasteiger partial charge in [0.15, 0.2) is 0 Å². The van der Waals surface area contributed by atoms with Gasteiger partial charge in [0.1, 0.15) is 5.69 Å². The van der Waals surface area contributed by atoms with E-state index in [4.69, 9.17) is 11.6 Å². The lowest BCUT2D eigenvalue weighted by Gasteiger charge is -2.43. The molecule has 0 bridgehead atoms. The molecule has 2 amide bonds. The number of halogens is 4. The number of carbonyl (C=O) groups excluding carboxylic acids is 2. The van der Waals surface area contributed by atoms with E-state index in [-0.39, 0.29) is 5.91 Å². The van der Waals surface area contributed by atoms with Crippen LogP contribution in [-0.4, -0.2) is 45.7 Å². The highest BCUT2D eigenvalue weighted by Gasteiger charge is 2.43. The van der Waals surface area contributed by atoms with E-state index in [0.29, 0.717) is 56.8 Å². The number of hydrogen-bond donors (Lipinski definition) is 0. The monoisotopic (exact) mass is 493 g/mol. The Morgan fingerprint density at radius 2 is 1.97 bits per heavy atom. The van der Waals surface area contributed by atoms with Crippen LogP contribution in [-0.2, 0) is 23.9 Å². The van der Waals surface area contributed by atoms with Crippen LogP contribution < -0.4 is 0 Å². The summed E-state index contributed by atoms with van der Waals surface area (Å²) in [5.41, 5.74) is 0.517. The van der Waals surface area contributed by atoms with Crippen molar-refractivity contribution < 1.29 is 22.8 Å². The van der Waals surface area contributed by atoms with Gasteiger partial charge in [0.05, 0.1) is 11.5 Å². The summed E-state index contributed by atoms with van der Waals surface area (Å²) >= 11 is 6.09. The highest BCUT2D eigenvalue weighted by atomic mass is 35.5. The topological polar surface area (TPSA) is 53.5 Å². The van der Waals surface area contributed by atoms with Crippen LogP contribution in [0.15, 0.2) is 36.5 Å². The molecule has 4 rings (SSSR count). The van der Waals surface area contributed by atoms with E-state index in [1.54, 1.807) is 11.0 Å². The summed E-state index contributed by atoms with van der Waals surface area (Å²) in [5, 5.41) is 0.663. The van der Waals surface area contributed by atoms with Crippen LogP contribution in [0.25, 0.3) is 0 Å². The quantitative estimate of drug-likeness (QED) is 0.576. The molecule has 0 spiro atoms. The lowest BCUT2D eigenvalue weighted by Crippen LogP contribution is -2.54. The number of nitrogens with zero attached hydrogens (tertiary/aromatic N) is 3. The number of benzene rings is 1. The molecular formula is C25H27ClF3N3O2. The summed E-state index contributed by atoms with van der Waals surface area (Å²) < 4.78 is 40.6. The van der Waals surface area contributed by atoms with E-state index in [0.717, 1.165) is 17.2 Å².